The molecule has 2 aromatic rings. The molecule has 15 heavy (non-hydrogen) atoms. The second kappa shape index (κ2) is 3.61. The van der Waals surface area contributed by atoms with Crippen molar-refractivity contribution in [2.24, 2.45) is 5.73 Å². The number of pyridine rings is 1. The fourth-order valence-corrected chi connectivity index (χ4v) is 1.82. The smallest absolute Gasteiger partial charge is 0.221 e. The van der Waals surface area contributed by atoms with E-state index in [1.165, 1.54) is 0 Å². The van der Waals surface area contributed by atoms with E-state index in [1.54, 1.807) is 6.07 Å². The first-order chi connectivity index (χ1) is 6.98. The van der Waals surface area contributed by atoms with Crippen LogP contribution < -0.4 is 5.73 Å². The molecular formula is C10H8Cl2N2O. The third-order valence-corrected chi connectivity index (χ3v) is 2.55. The summed E-state index contributed by atoms with van der Waals surface area (Å²) in [7, 11) is 0. The van der Waals surface area contributed by atoms with Crippen LogP contribution in [-0.2, 0) is 5.18 Å². The van der Waals surface area contributed by atoms with E-state index >= 15 is 0 Å². The molecule has 5 heteroatoms. The van der Waals surface area contributed by atoms with Gasteiger partial charge in [-0.15, -0.1) is 0 Å². The number of rotatable bonds is 1. The first-order valence-corrected chi connectivity index (χ1v) is 5.00. The van der Waals surface area contributed by atoms with Gasteiger partial charge in [-0.3, -0.25) is 5.73 Å². The lowest BCUT2D eigenvalue weighted by atomic mass is 10.1. The summed E-state index contributed by atoms with van der Waals surface area (Å²) in [6.07, 6.45) is 0. The van der Waals surface area contributed by atoms with Crippen molar-refractivity contribution in [3.05, 3.63) is 41.0 Å². The molecule has 0 aliphatic heterocycles. The maximum absolute atomic E-state index is 9.45. The lowest BCUT2D eigenvalue weighted by Gasteiger charge is -2.16. The van der Waals surface area contributed by atoms with E-state index in [9.17, 15) is 5.11 Å². The molecule has 1 aromatic carbocycles. The second-order valence-electron chi connectivity index (χ2n) is 3.19. The summed E-state index contributed by atoms with van der Waals surface area (Å²) in [6.45, 7) is 0. The molecule has 0 amide bonds. The predicted octanol–water partition coefficient (Wildman–Crippen LogP) is 2.19. The Morgan fingerprint density at radius 1 is 1.33 bits per heavy atom. The standard InChI is InChI=1S/C10H8Cl2N2O/c11-9-7(10(12,13)15)5-6-3-1-2-4-8(6)14-9/h1-5,15H,13H2. The van der Waals surface area contributed by atoms with E-state index in [0.717, 1.165) is 10.9 Å². The normalized spacial score (nSPS) is 15.2. The Morgan fingerprint density at radius 3 is 2.67 bits per heavy atom. The molecule has 2 rings (SSSR count). The zero-order valence-electron chi connectivity index (χ0n) is 7.61. The van der Waals surface area contributed by atoms with Gasteiger partial charge in [-0.05, 0) is 12.1 Å². The second-order valence-corrected chi connectivity index (χ2v) is 4.13. The highest BCUT2D eigenvalue weighted by atomic mass is 35.5. The average Bonchev–Trinajstić information content (AvgIpc) is 2.15. The van der Waals surface area contributed by atoms with E-state index < -0.39 is 5.18 Å². The predicted molar refractivity (Wildman–Crippen MR) is 60.7 cm³/mol. The van der Waals surface area contributed by atoms with Gasteiger partial charge in [-0.1, -0.05) is 41.4 Å². The van der Waals surface area contributed by atoms with Crippen LogP contribution in [-0.4, -0.2) is 10.1 Å². The number of nitrogens with zero attached hydrogens (tertiary/aromatic N) is 1. The molecule has 0 aliphatic carbocycles. The number of alkyl halides is 1. The van der Waals surface area contributed by atoms with Crippen LogP contribution in [0, 0.1) is 0 Å². The minimum Gasteiger partial charge on any atom is -0.359 e. The van der Waals surface area contributed by atoms with Crippen molar-refractivity contribution in [2.75, 3.05) is 0 Å². The van der Waals surface area contributed by atoms with Crippen molar-refractivity contribution >= 4 is 34.1 Å². The quantitative estimate of drug-likeness (QED) is 0.349. The van der Waals surface area contributed by atoms with Gasteiger partial charge in [0.05, 0.1) is 11.1 Å². The summed E-state index contributed by atoms with van der Waals surface area (Å²) in [5.41, 5.74) is 6.27. The molecule has 0 fully saturated rings. The fourth-order valence-electron chi connectivity index (χ4n) is 1.34. The highest BCUT2D eigenvalue weighted by Gasteiger charge is 2.24. The molecule has 3 nitrogen and oxygen atoms in total. The Morgan fingerprint density at radius 2 is 2.00 bits per heavy atom. The molecule has 78 valence electrons. The van der Waals surface area contributed by atoms with Crippen LogP contribution in [0.15, 0.2) is 30.3 Å². The largest absolute Gasteiger partial charge is 0.359 e. The maximum Gasteiger partial charge on any atom is 0.221 e. The van der Waals surface area contributed by atoms with Crippen molar-refractivity contribution in [3.63, 3.8) is 0 Å². The molecule has 1 heterocycles. The first-order valence-electron chi connectivity index (χ1n) is 4.24. The lowest BCUT2D eigenvalue weighted by molar-refractivity contribution is 0.137. The van der Waals surface area contributed by atoms with Crippen LogP contribution in [0.2, 0.25) is 5.15 Å². The number of nitrogens with two attached hydrogens (primary N) is 1. The third kappa shape index (κ3) is 2.06. The summed E-state index contributed by atoms with van der Waals surface area (Å²) in [5, 5.41) is 8.38. The Balaban J connectivity index is 2.73. The fraction of sp³-hybridized carbons (Fsp3) is 0.100. The van der Waals surface area contributed by atoms with Gasteiger partial charge in [0.25, 0.3) is 0 Å². The molecule has 0 bridgehead atoms. The minimum atomic E-state index is -1.99. The topological polar surface area (TPSA) is 59.1 Å². The van der Waals surface area contributed by atoms with Crippen molar-refractivity contribution < 1.29 is 5.11 Å². The van der Waals surface area contributed by atoms with Crippen molar-refractivity contribution in [1.29, 1.82) is 0 Å². The number of hydrogen-bond acceptors (Lipinski definition) is 3. The van der Waals surface area contributed by atoms with Gasteiger partial charge < -0.3 is 5.11 Å². The summed E-state index contributed by atoms with van der Waals surface area (Å²) >= 11 is 11.4. The molecule has 1 atom stereocenters. The Kier molecular flexibility index (Phi) is 2.56. The molecule has 0 radical (unpaired) electrons. The molecule has 1 unspecified atom stereocenters. The molecule has 0 spiro atoms. The van der Waals surface area contributed by atoms with Gasteiger partial charge in [0.15, 0.2) is 0 Å². The van der Waals surface area contributed by atoms with Crippen LogP contribution >= 0.6 is 23.2 Å². The van der Waals surface area contributed by atoms with Crippen LogP contribution in [0.1, 0.15) is 5.56 Å². The number of benzene rings is 1. The number of aromatic nitrogens is 1. The Bertz CT molecular complexity index is 508. The summed E-state index contributed by atoms with van der Waals surface area (Å²) in [6, 6.07) is 8.98. The zero-order chi connectivity index (χ0) is 11.1. The number of fused-ring (bicyclic) bond motifs is 1. The van der Waals surface area contributed by atoms with E-state index in [1.807, 2.05) is 24.3 Å². The SMILES string of the molecule is NC(O)(Cl)c1cc2ccccc2nc1Cl. The minimum absolute atomic E-state index is 0.105. The van der Waals surface area contributed by atoms with Gasteiger partial charge in [0, 0.05) is 5.39 Å². The van der Waals surface area contributed by atoms with E-state index in [-0.39, 0.29) is 10.7 Å². The molecule has 1 aromatic heterocycles. The average molecular weight is 243 g/mol. The number of para-hydroxylation sites is 1. The van der Waals surface area contributed by atoms with Gasteiger partial charge in [0.2, 0.25) is 5.18 Å². The Labute approximate surface area is 96.4 Å². The van der Waals surface area contributed by atoms with Crippen LogP contribution in [0.3, 0.4) is 0 Å². The van der Waals surface area contributed by atoms with Gasteiger partial charge in [-0.25, -0.2) is 4.98 Å². The number of hydrogen-bond donors (Lipinski definition) is 2. The molecule has 0 saturated heterocycles. The molecule has 3 N–H and O–H groups in total. The van der Waals surface area contributed by atoms with E-state index in [4.69, 9.17) is 28.9 Å². The van der Waals surface area contributed by atoms with Gasteiger partial charge in [0.1, 0.15) is 5.15 Å². The van der Waals surface area contributed by atoms with Crippen LogP contribution in [0.5, 0.6) is 0 Å². The maximum atomic E-state index is 9.45. The van der Waals surface area contributed by atoms with E-state index in [2.05, 4.69) is 4.98 Å². The first kappa shape index (κ1) is 10.6. The zero-order valence-corrected chi connectivity index (χ0v) is 9.13. The summed E-state index contributed by atoms with van der Waals surface area (Å²) in [4.78, 5) is 4.08. The van der Waals surface area contributed by atoms with Crippen LogP contribution in [0.25, 0.3) is 10.9 Å². The van der Waals surface area contributed by atoms with Gasteiger partial charge >= 0.3 is 0 Å². The highest BCUT2D eigenvalue weighted by molar-refractivity contribution is 6.32. The van der Waals surface area contributed by atoms with Crippen molar-refractivity contribution in [3.8, 4) is 0 Å². The molecule has 0 saturated carbocycles. The molecule has 0 aliphatic rings. The van der Waals surface area contributed by atoms with Crippen molar-refractivity contribution in [1.82, 2.24) is 4.98 Å². The van der Waals surface area contributed by atoms with E-state index in [0.29, 0.717) is 0 Å². The van der Waals surface area contributed by atoms with Crippen molar-refractivity contribution in [2.45, 2.75) is 5.18 Å². The van der Waals surface area contributed by atoms with Gasteiger partial charge in [-0.2, -0.15) is 0 Å². The third-order valence-electron chi connectivity index (χ3n) is 2.06. The highest BCUT2D eigenvalue weighted by Crippen LogP contribution is 2.28. The lowest BCUT2D eigenvalue weighted by Crippen LogP contribution is -2.29. The number of aliphatic hydroxyl groups is 1. The Hall–Kier alpha value is -0.870. The summed E-state index contributed by atoms with van der Waals surface area (Å²) in [5.74, 6) is 0. The monoisotopic (exact) mass is 242 g/mol. The van der Waals surface area contributed by atoms with Crippen LogP contribution in [0.4, 0.5) is 0 Å². The number of halogens is 2. The summed E-state index contributed by atoms with van der Waals surface area (Å²) < 4.78 is 0. The molecular weight excluding hydrogens is 235 g/mol.